The third-order valence-corrected chi connectivity index (χ3v) is 5.75. The van der Waals surface area contributed by atoms with E-state index in [2.05, 4.69) is 0 Å². The summed E-state index contributed by atoms with van der Waals surface area (Å²) in [7, 11) is 0. The molecular weight excluding hydrogens is 350 g/mol. The van der Waals surface area contributed by atoms with Crippen LogP contribution in [0.3, 0.4) is 0 Å². The Morgan fingerprint density at radius 1 is 1.19 bits per heavy atom. The normalized spacial score (nSPS) is 25.2. The summed E-state index contributed by atoms with van der Waals surface area (Å²) in [6.45, 7) is 1.04. The number of thiophene rings is 1. The van der Waals surface area contributed by atoms with Crippen LogP contribution in [0, 0.1) is 0 Å². The minimum absolute atomic E-state index is 0.0626. The van der Waals surface area contributed by atoms with Gasteiger partial charge in [0, 0.05) is 23.6 Å². The first kappa shape index (κ1) is 17.0. The maximum atomic E-state index is 12.8. The van der Waals surface area contributed by atoms with Gasteiger partial charge in [-0.25, -0.2) is 0 Å². The molecule has 1 N–H and O–H groups in total. The van der Waals surface area contributed by atoms with Gasteiger partial charge in [-0.1, -0.05) is 36.4 Å². The Hall–Kier alpha value is -2.44. The van der Waals surface area contributed by atoms with Gasteiger partial charge >= 0.3 is 0 Å². The van der Waals surface area contributed by atoms with Crippen molar-refractivity contribution in [2.45, 2.75) is 25.0 Å². The molecule has 1 amide bonds. The zero-order valence-corrected chi connectivity index (χ0v) is 14.9. The Kier molecular flexibility index (Phi) is 4.61. The maximum absolute atomic E-state index is 12.8. The highest BCUT2D eigenvalue weighted by molar-refractivity contribution is 7.10. The molecule has 2 fully saturated rings. The number of amides is 1. The van der Waals surface area contributed by atoms with Crippen LogP contribution in [0.2, 0.25) is 0 Å². The monoisotopic (exact) mass is 369 g/mol. The van der Waals surface area contributed by atoms with Crippen LogP contribution < -0.4 is 0 Å². The molecule has 2 aliphatic heterocycles. The molecule has 0 aliphatic carbocycles. The number of likely N-dealkylation sites (tertiary alicyclic amines) is 1. The molecule has 2 atom stereocenters. The number of nitrogens with zero attached hydrogens (tertiary/aromatic N) is 1. The van der Waals surface area contributed by atoms with Crippen LogP contribution in [0.4, 0.5) is 0 Å². The number of hydrogen-bond donors (Lipinski definition) is 1. The van der Waals surface area contributed by atoms with Crippen molar-refractivity contribution in [1.29, 1.82) is 0 Å². The molecule has 0 bridgehead atoms. The second-order valence-electron chi connectivity index (χ2n) is 6.47. The first-order valence-electron chi connectivity index (χ1n) is 8.65. The molecule has 0 saturated carbocycles. The van der Waals surface area contributed by atoms with Gasteiger partial charge in [0.05, 0.1) is 17.7 Å². The van der Waals surface area contributed by atoms with Crippen LogP contribution in [0.5, 0.6) is 0 Å². The molecule has 5 nitrogen and oxygen atoms in total. The van der Waals surface area contributed by atoms with Crippen LogP contribution in [0.25, 0.3) is 5.76 Å². The van der Waals surface area contributed by atoms with Crippen molar-refractivity contribution in [1.82, 2.24) is 4.90 Å². The largest absolute Gasteiger partial charge is 0.507 e. The lowest BCUT2D eigenvalue weighted by Crippen LogP contribution is -2.36. The van der Waals surface area contributed by atoms with E-state index in [1.165, 1.54) is 11.3 Å². The highest BCUT2D eigenvalue weighted by atomic mass is 32.1. The quantitative estimate of drug-likeness (QED) is 0.510. The van der Waals surface area contributed by atoms with E-state index in [4.69, 9.17) is 4.74 Å². The summed E-state index contributed by atoms with van der Waals surface area (Å²) >= 11 is 1.47. The predicted octanol–water partition coefficient (Wildman–Crippen LogP) is 3.35. The van der Waals surface area contributed by atoms with Crippen molar-refractivity contribution in [2.24, 2.45) is 0 Å². The molecule has 26 heavy (non-hydrogen) atoms. The Bertz CT molecular complexity index is 838. The number of aliphatic hydroxyl groups is 1. The average molecular weight is 369 g/mol. The lowest BCUT2D eigenvalue weighted by atomic mass is 10.00. The first-order valence-corrected chi connectivity index (χ1v) is 9.53. The van der Waals surface area contributed by atoms with E-state index in [1.807, 2.05) is 23.6 Å². The van der Waals surface area contributed by atoms with E-state index in [9.17, 15) is 14.7 Å². The lowest BCUT2D eigenvalue weighted by Gasteiger charge is -2.26. The van der Waals surface area contributed by atoms with Crippen molar-refractivity contribution in [2.75, 3.05) is 13.2 Å². The molecule has 2 saturated heterocycles. The fourth-order valence-corrected chi connectivity index (χ4v) is 4.42. The van der Waals surface area contributed by atoms with Gasteiger partial charge in [0.1, 0.15) is 5.76 Å². The number of Topliss-reactive ketones (excluding diaryl/α,β-unsaturated/α-hetero) is 1. The lowest BCUT2D eigenvalue weighted by molar-refractivity contribution is -0.140. The number of ketones is 1. The number of hydrogen-bond acceptors (Lipinski definition) is 5. The summed E-state index contributed by atoms with van der Waals surface area (Å²) in [5.41, 5.74) is 0.686. The summed E-state index contributed by atoms with van der Waals surface area (Å²) in [5, 5.41) is 12.7. The van der Waals surface area contributed by atoms with Gasteiger partial charge < -0.3 is 14.7 Å². The van der Waals surface area contributed by atoms with Crippen LogP contribution in [0.1, 0.15) is 29.3 Å². The smallest absolute Gasteiger partial charge is 0.295 e. The van der Waals surface area contributed by atoms with Gasteiger partial charge in [0.15, 0.2) is 0 Å². The van der Waals surface area contributed by atoms with E-state index in [0.717, 1.165) is 17.7 Å². The molecule has 2 aliphatic rings. The van der Waals surface area contributed by atoms with Gasteiger partial charge in [0.2, 0.25) is 0 Å². The molecule has 0 spiro atoms. The van der Waals surface area contributed by atoms with Gasteiger partial charge in [-0.05, 0) is 24.3 Å². The second kappa shape index (κ2) is 7.05. The molecule has 134 valence electrons. The van der Waals surface area contributed by atoms with E-state index in [-0.39, 0.29) is 17.4 Å². The third kappa shape index (κ3) is 2.95. The topological polar surface area (TPSA) is 66.8 Å². The predicted molar refractivity (Wildman–Crippen MR) is 98.7 cm³/mol. The van der Waals surface area contributed by atoms with E-state index < -0.39 is 17.7 Å². The molecular formula is C20H19NO4S. The Morgan fingerprint density at radius 2 is 2.00 bits per heavy atom. The van der Waals surface area contributed by atoms with Gasteiger partial charge in [0.25, 0.3) is 11.7 Å². The summed E-state index contributed by atoms with van der Waals surface area (Å²) < 4.78 is 5.66. The number of carbonyl (C=O) groups excluding carboxylic acids is 2. The summed E-state index contributed by atoms with van der Waals surface area (Å²) in [4.78, 5) is 27.9. The SMILES string of the molecule is O=C1C(=O)N(CC2CCCO2)C(c2cccs2)/C1=C(/O)c1ccccc1. The fourth-order valence-electron chi connectivity index (χ4n) is 3.57. The summed E-state index contributed by atoms with van der Waals surface area (Å²) in [6, 6.07) is 12.1. The van der Waals surface area contributed by atoms with Gasteiger partial charge in [-0.2, -0.15) is 0 Å². The van der Waals surface area contributed by atoms with Crippen LogP contribution >= 0.6 is 11.3 Å². The molecule has 3 heterocycles. The number of carbonyl (C=O) groups is 2. The standard InChI is InChI=1S/C20H19NO4S/c22-18(13-6-2-1-3-7-13)16-17(15-9-5-11-26-15)21(20(24)19(16)23)12-14-8-4-10-25-14/h1-3,5-7,9,11,14,17,22H,4,8,10,12H2/b18-16-. The number of benzene rings is 1. The van der Waals surface area contributed by atoms with Crippen molar-refractivity contribution >= 4 is 28.8 Å². The van der Waals surface area contributed by atoms with Crippen molar-refractivity contribution in [3.8, 4) is 0 Å². The zero-order chi connectivity index (χ0) is 18.1. The number of ether oxygens (including phenoxy) is 1. The van der Waals surface area contributed by atoms with Crippen molar-refractivity contribution in [3.05, 3.63) is 63.9 Å². The maximum Gasteiger partial charge on any atom is 0.295 e. The van der Waals surface area contributed by atoms with E-state index in [0.29, 0.717) is 18.7 Å². The molecule has 2 aromatic rings. The third-order valence-electron chi connectivity index (χ3n) is 4.82. The van der Waals surface area contributed by atoms with E-state index in [1.54, 1.807) is 29.2 Å². The second-order valence-corrected chi connectivity index (χ2v) is 7.45. The minimum atomic E-state index is -0.636. The fraction of sp³-hybridized carbons (Fsp3) is 0.300. The van der Waals surface area contributed by atoms with Crippen LogP contribution in [-0.2, 0) is 14.3 Å². The Morgan fingerprint density at radius 3 is 2.65 bits per heavy atom. The zero-order valence-electron chi connectivity index (χ0n) is 14.1. The van der Waals surface area contributed by atoms with Gasteiger partial charge in [-0.3, -0.25) is 9.59 Å². The highest BCUT2D eigenvalue weighted by Crippen LogP contribution is 2.41. The molecule has 1 aromatic heterocycles. The molecule has 0 radical (unpaired) electrons. The number of rotatable bonds is 4. The molecule has 1 aromatic carbocycles. The Balaban J connectivity index is 1.79. The first-order chi connectivity index (χ1) is 12.7. The highest BCUT2D eigenvalue weighted by Gasteiger charge is 2.47. The van der Waals surface area contributed by atoms with E-state index >= 15 is 0 Å². The van der Waals surface area contributed by atoms with Crippen molar-refractivity contribution in [3.63, 3.8) is 0 Å². The van der Waals surface area contributed by atoms with Crippen LogP contribution in [0.15, 0.2) is 53.4 Å². The average Bonchev–Trinajstić information content (AvgIpc) is 3.41. The van der Waals surface area contributed by atoms with Crippen molar-refractivity contribution < 1.29 is 19.4 Å². The molecule has 4 rings (SSSR count). The molecule has 6 heteroatoms. The molecule has 2 unspecified atom stereocenters. The van der Waals surface area contributed by atoms with Gasteiger partial charge in [-0.15, -0.1) is 11.3 Å². The summed E-state index contributed by atoms with van der Waals surface area (Å²) in [6.07, 6.45) is 1.77. The minimum Gasteiger partial charge on any atom is -0.507 e. The Labute approximate surface area is 155 Å². The van der Waals surface area contributed by atoms with Crippen LogP contribution in [-0.4, -0.2) is 41.0 Å². The summed E-state index contributed by atoms with van der Waals surface area (Å²) in [5.74, 6) is -1.34. The number of aliphatic hydroxyl groups excluding tert-OH is 1.